The third-order valence-electron chi connectivity index (χ3n) is 5.31. The van der Waals surface area contributed by atoms with E-state index in [9.17, 15) is 14.4 Å². The zero-order valence-electron chi connectivity index (χ0n) is 17.9. The van der Waals surface area contributed by atoms with Gasteiger partial charge < -0.3 is 15.7 Å². The highest BCUT2D eigenvalue weighted by Gasteiger charge is 2.29. The highest BCUT2D eigenvalue weighted by molar-refractivity contribution is 5.97. The van der Waals surface area contributed by atoms with Gasteiger partial charge in [-0.3, -0.25) is 14.4 Å². The monoisotopic (exact) mass is 430 g/mol. The number of carbonyl (C=O) groups excluding carboxylic acids is 2. The molecule has 164 valence electrons. The van der Waals surface area contributed by atoms with Crippen molar-refractivity contribution in [3.63, 3.8) is 0 Å². The van der Waals surface area contributed by atoms with Gasteiger partial charge in [0.25, 0.3) is 5.91 Å². The predicted octanol–water partition coefficient (Wildman–Crippen LogP) is 4.02. The van der Waals surface area contributed by atoms with Crippen LogP contribution in [-0.2, 0) is 16.1 Å². The second-order valence-corrected chi connectivity index (χ2v) is 7.71. The van der Waals surface area contributed by atoms with E-state index >= 15 is 0 Å². The Bertz CT molecular complexity index is 1080. The Labute approximate surface area is 187 Å². The number of hydrogen-bond donors (Lipinski definition) is 2. The minimum Gasteiger partial charge on any atom is -0.481 e. The lowest BCUT2D eigenvalue weighted by Crippen LogP contribution is -2.47. The molecule has 0 aliphatic heterocycles. The molecule has 0 saturated carbocycles. The Hall–Kier alpha value is -3.93. The summed E-state index contributed by atoms with van der Waals surface area (Å²) in [5.41, 5.74) is 9.88. The maximum absolute atomic E-state index is 13.4. The maximum Gasteiger partial charge on any atom is 0.303 e. The van der Waals surface area contributed by atoms with Crippen molar-refractivity contribution < 1.29 is 19.5 Å². The number of benzene rings is 3. The van der Waals surface area contributed by atoms with Crippen molar-refractivity contribution in [3.05, 3.63) is 95.6 Å². The molecule has 0 heterocycles. The summed E-state index contributed by atoms with van der Waals surface area (Å²) < 4.78 is 0. The van der Waals surface area contributed by atoms with Crippen molar-refractivity contribution in [2.24, 2.45) is 5.73 Å². The largest absolute Gasteiger partial charge is 0.481 e. The molecule has 3 N–H and O–H groups in total. The molecular formula is C26H26N2O4. The number of nitrogens with zero attached hydrogens (tertiary/aromatic N) is 1. The lowest BCUT2D eigenvalue weighted by molar-refractivity contribution is -0.137. The van der Waals surface area contributed by atoms with Crippen LogP contribution in [0.25, 0.3) is 11.1 Å². The molecule has 0 aromatic heterocycles. The van der Waals surface area contributed by atoms with Crippen LogP contribution >= 0.6 is 0 Å². The van der Waals surface area contributed by atoms with Gasteiger partial charge in [0.2, 0.25) is 5.91 Å². The molecule has 3 rings (SSSR count). The van der Waals surface area contributed by atoms with Crippen LogP contribution in [0.3, 0.4) is 0 Å². The summed E-state index contributed by atoms with van der Waals surface area (Å²) in [6.45, 7) is 2.10. The van der Waals surface area contributed by atoms with E-state index in [1.165, 1.54) is 4.90 Å². The Morgan fingerprint density at radius 1 is 0.875 bits per heavy atom. The molecule has 32 heavy (non-hydrogen) atoms. The normalized spacial score (nSPS) is 11.5. The van der Waals surface area contributed by atoms with Gasteiger partial charge in [0.1, 0.15) is 6.04 Å². The minimum atomic E-state index is -1.05. The quantitative estimate of drug-likeness (QED) is 0.535. The van der Waals surface area contributed by atoms with E-state index in [4.69, 9.17) is 10.8 Å². The van der Waals surface area contributed by atoms with Gasteiger partial charge in [-0.25, -0.2) is 0 Å². The summed E-state index contributed by atoms with van der Waals surface area (Å²) >= 11 is 0. The molecule has 6 nitrogen and oxygen atoms in total. The van der Waals surface area contributed by atoms with Gasteiger partial charge in [-0.05, 0) is 42.2 Å². The summed E-state index contributed by atoms with van der Waals surface area (Å²) in [5.74, 6) is -2.15. The fourth-order valence-corrected chi connectivity index (χ4v) is 3.53. The number of primary amides is 1. The van der Waals surface area contributed by atoms with Crippen LogP contribution in [0.4, 0.5) is 0 Å². The number of carbonyl (C=O) groups is 3. The van der Waals surface area contributed by atoms with Crippen molar-refractivity contribution in [2.75, 3.05) is 0 Å². The standard InChI is InChI=1S/C26H26N2O4/c1-18-7-9-19(10-8-18)17-28(23(25(27)31)15-16-24(29)30)26(32)22-13-11-21(12-14-22)20-5-3-2-4-6-20/h2-14,23H,15-17H2,1H3,(H2,27,31)(H,29,30)/t23-/m0/s1. The van der Waals surface area contributed by atoms with E-state index in [0.29, 0.717) is 5.56 Å². The highest BCUT2D eigenvalue weighted by atomic mass is 16.4. The van der Waals surface area contributed by atoms with Gasteiger partial charge in [-0.1, -0.05) is 72.3 Å². The van der Waals surface area contributed by atoms with Gasteiger partial charge in [-0.2, -0.15) is 0 Å². The van der Waals surface area contributed by atoms with Crippen LogP contribution in [-0.4, -0.2) is 33.8 Å². The third-order valence-corrected chi connectivity index (χ3v) is 5.31. The molecule has 0 fully saturated rings. The minimum absolute atomic E-state index is 0.0512. The van der Waals surface area contributed by atoms with Crippen molar-refractivity contribution in [1.82, 2.24) is 4.90 Å². The van der Waals surface area contributed by atoms with Gasteiger partial charge >= 0.3 is 5.97 Å². The SMILES string of the molecule is Cc1ccc(CN(C(=O)c2ccc(-c3ccccc3)cc2)[C@@H](CCC(=O)O)C(N)=O)cc1. The summed E-state index contributed by atoms with van der Waals surface area (Å²) in [7, 11) is 0. The number of carboxylic acid groups (broad SMARTS) is 1. The number of carboxylic acids is 1. The van der Waals surface area contributed by atoms with Crippen molar-refractivity contribution in [2.45, 2.75) is 32.4 Å². The van der Waals surface area contributed by atoms with E-state index in [1.807, 2.05) is 73.7 Å². The summed E-state index contributed by atoms with van der Waals surface area (Å²) in [4.78, 5) is 38.1. The number of amides is 2. The van der Waals surface area contributed by atoms with Gasteiger partial charge in [0, 0.05) is 18.5 Å². The Balaban J connectivity index is 1.91. The first-order chi connectivity index (χ1) is 15.3. The Kier molecular flexibility index (Phi) is 7.39. The lowest BCUT2D eigenvalue weighted by Gasteiger charge is -2.30. The molecule has 0 bridgehead atoms. The topological polar surface area (TPSA) is 101 Å². The van der Waals surface area contributed by atoms with Crippen LogP contribution in [0.1, 0.15) is 34.3 Å². The second-order valence-electron chi connectivity index (χ2n) is 7.71. The lowest BCUT2D eigenvalue weighted by atomic mass is 10.0. The number of aryl methyl sites for hydroxylation is 1. The zero-order chi connectivity index (χ0) is 23.1. The first-order valence-electron chi connectivity index (χ1n) is 10.4. The summed E-state index contributed by atoms with van der Waals surface area (Å²) in [5, 5.41) is 9.09. The van der Waals surface area contributed by atoms with E-state index in [-0.39, 0.29) is 25.3 Å². The predicted molar refractivity (Wildman–Crippen MR) is 123 cm³/mol. The summed E-state index contributed by atoms with van der Waals surface area (Å²) in [6, 6.07) is 23.5. The van der Waals surface area contributed by atoms with Crippen LogP contribution in [0.15, 0.2) is 78.9 Å². The molecular weight excluding hydrogens is 404 g/mol. The van der Waals surface area contributed by atoms with Crippen LogP contribution in [0, 0.1) is 6.92 Å². The molecule has 3 aromatic carbocycles. The van der Waals surface area contributed by atoms with Crippen LogP contribution in [0.2, 0.25) is 0 Å². The molecule has 0 spiro atoms. The average molecular weight is 431 g/mol. The maximum atomic E-state index is 13.4. The molecule has 0 radical (unpaired) electrons. The number of rotatable bonds is 9. The third kappa shape index (κ3) is 5.82. The van der Waals surface area contributed by atoms with Crippen molar-refractivity contribution in [1.29, 1.82) is 0 Å². The Morgan fingerprint density at radius 3 is 2.03 bits per heavy atom. The molecule has 1 atom stereocenters. The molecule has 2 amide bonds. The average Bonchev–Trinajstić information content (AvgIpc) is 2.79. The van der Waals surface area contributed by atoms with E-state index < -0.39 is 17.9 Å². The number of hydrogen-bond acceptors (Lipinski definition) is 3. The van der Waals surface area contributed by atoms with Crippen LogP contribution < -0.4 is 5.73 Å². The molecule has 6 heteroatoms. The number of nitrogens with two attached hydrogens (primary N) is 1. The first kappa shape index (κ1) is 22.7. The Morgan fingerprint density at radius 2 is 1.47 bits per heavy atom. The van der Waals surface area contributed by atoms with E-state index in [1.54, 1.807) is 12.1 Å². The fourth-order valence-electron chi connectivity index (χ4n) is 3.53. The molecule has 0 unspecified atom stereocenters. The van der Waals surface area contributed by atoms with E-state index in [0.717, 1.165) is 22.3 Å². The van der Waals surface area contributed by atoms with Crippen molar-refractivity contribution >= 4 is 17.8 Å². The number of aliphatic carboxylic acids is 1. The van der Waals surface area contributed by atoms with E-state index in [2.05, 4.69) is 0 Å². The highest BCUT2D eigenvalue weighted by Crippen LogP contribution is 2.22. The molecule has 0 aliphatic carbocycles. The van der Waals surface area contributed by atoms with Crippen molar-refractivity contribution in [3.8, 4) is 11.1 Å². The molecule has 0 saturated heterocycles. The molecule has 3 aromatic rings. The molecule has 0 aliphatic rings. The van der Waals surface area contributed by atoms with Crippen LogP contribution in [0.5, 0.6) is 0 Å². The first-order valence-corrected chi connectivity index (χ1v) is 10.4. The summed E-state index contributed by atoms with van der Waals surface area (Å²) in [6.07, 6.45) is -0.317. The second kappa shape index (κ2) is 10.4. The van der Waals surface area contributed by atoms with Gasteiger partial charge in [-0.15, -0.1) is 0 Å². The fraction of sp³-hybridized carbons (Fsp3) is 0.192. The smallest absolute Gasteiger partial charge is 0.303 e. The van der Waals surface area contributed by atoms with Gasteiger partial charge in [0.15, 0.2) is 0 Å². The zero-order valence-corrected chi connectivity index (χ0v) is 17.9. The van der Waals surface area contributed by atoms with Gasteiger partial charge in [0.05, 0.1) is 0 Å².